The second kappa shape index (κ2) is 8.15. The maximum atomic E-state index is 14.8. The number of nitrogens with two attached hydrogens (primary N) is 1. The summed E-state index contributed by atoms with van der Waals surface area (Å²) < 4.78 is 49.0. The van der Waals surface area contributed by atoms with Gasteiger partial charge in [0.05, 0.1) is 19.4 Å². The van der Waals surface area contributed by atoms with E-state index in [1.54, 1.807) is 0 Å². The Hall–Kier alpha value is -2.79. The van der Waals surface area contributed by atoms with Crippen molar-refractivity contribution in [3.8, 4) is 5.75 Å². The lowest BCUT2D eigenvalue weighted by Crippen LogP contribution is -2.40. The van der Waals surface area contributed by atoms with E-state index in [1.165, 1.54) is 42.1 Å². The number of fused-ring (bicyclic) bond motifs is 1. The Bertz CT molecular complexity index is 989. The number of aromatic nitrogens is 1. The first-order valence-corrected chi connectivity index (χ1v) is 9.94. The zero-order valence-corrected chi connectivity index (χ0v) is 16.3. The molecule has 3 N–H and O–H groups in total. The zero-order valence-electron chi connectivity index (χ0n) is 15.5. The van der Waals surface area contributed by atoms with Crippen molar-refractivity contribution in [1.29, 1.82) is 0 Å². The molecule has 1 aromatic heterocycles. The summed E-state index contributed by atoms with van der Waals surface area (Å²) in [4.78, 5) is 20.8. The Morgan fingerprint density at radius 1 is 1.37 bits per heavy atom. The number of carbonyl (C=O) groups is 1. The number of halogens is 3. The molecular formula is C19H17F3N4O3S. The number of pyridine rings is 1. The number of hydrogen-bond donors (Lipinski definition) is 2. The minimum Gasteiger partial charge on any atom is -0.433 e. The van der Waals surface area contributed by atoms with E-state index in [9.17, 15) is 18.0 Å². The zero-order chi connectivity index (χ0) is 21.3. The molecule has 1 amide bonds. The summed E-state index contributed by atoms with van der Waals surface area (Å²) in [5, 5.41) is 2.99. The Morgan fingerprint density at radius 3 is 2.93 bits per heavy atom. The van der Waals surface area contributed by atoms with Crippen LogP contribution in [0.25, 0.3) is 0 Å². The van der Waals surface area contributed by atoms with Crippen LogP contribution in [0.5, 0.6) is 5.75 Å². The van der Waals surface area contributed by atoms with Crippen molar-refractivity contribution in [1.82, 2.24) is 4.98 Å². The maximum Gasteiger partial charge on any atom is 0.387 e. The number of nitrogens with one attached hydrogen (secondary N) is 1. The van der Waals surface area contributed by atoms with Gasteiger partial charge in [0.25, 0.3) is 5.91 Å². The van der Waals surface area contributed by atoms with Crippen molar-refractivity contribution >= 4 is 28.5 Å². The van der Waals surface area contributed by atoms with Crippen molar-refractivity contribution < 1.29 is 27.4 Å². The van der Waals surface area contributed by atoms with Crippen molar-refractivity contribution in [3.05, 3.63) is 53.6 Å². The number of alkyl halides is 2. The van der Waals surface area contributed by atoms with Crippen LogP contribution in [0.3, 0.4) is 0 Å². The van der Waals surface area contributed by atoms with Crippen LogP contribution >= 0.6 is 11.8 Å². The molecule has 3 heterocycles. The highest BCUT2D eigenvalue weighted by atomic mass is 32.2. The second-order valence-corrected chi connectivity index (χ2v) is 7.84. The van der Waals surface area contributed by atoms with Crippen LogP contribution in [0.1, 0.15) is 16.1 Å². The molecule has 1 aromatic carbocycles. The van der Waals surface area contributed by atoms with Crippen LogP contribution in [0.4, 0.5) is 18.9 Å². The van der Waals surface area contributed by atoms with E-state index in [2.05, 4.69) is 20.0 Å². The van der Waals surface area contributed by atoms with Gasteiger partial charge in [-0.15, -0.1) is 0 Å². The number of aliphatic imine (C=N–C) groups is 1. The topological polar surface area (TPSA) is 98.8 Å². The monoisotopic (exact) mass is 438 g/mol. The van der Waals surface area contributed by atoms with Gasteiger partial charge in [0.15, 0.2) is 5.17 Å². The molecule has 158 valence electrons. The van der Waals surface area contributed by atoms with Crippen LogP contribution in [0.2, 0.25) is 0 Å². The van der Waals surface area contributed by atoms with E-state index >= 15 is 0 Å². The summed E-state index contributed by atoms with van der Waals surface area (Å²) in [5.41, 5.74) is 5.57. The molecule has 11 heteroatoms. The fourth-order valence-corrected chi connectivity index (χ4v) is 4.48. The van der Waals surface area contributed by atoms with Gasteiger partial charge in [-0.2, -0.15) is 8.78 Å². The van der Waals surface area contributed by atoms with Gasteiger partial charge in [-0.05, 0) is 30.3 Å². The van der Waals surface area contributed by atoms with Gasteiger partial charge in [0.2, 0.25) is 0 Å². The molecule has 2 aromatic rings. The number of amides is 1. The van der Waals surface area contributed by atoms with Crippen molar-refractivity contribution in [2.24, 2.45) is 16.6 Å². The third kappa shape index (κ3) is 3.94. The number of carbonyl (C=O) groups excluding carboxylic acids is 1. The Balaban J connectivity index is 1.58. The van der Waals surface area contributed by atoms with Gasteiger partial charge in [-0.3, -0.25) is 4.79 Å². The molecule has 0 radical (unpaired) electrons. The van der Waals surface area contributed by atoms with Gasteiger partial charge in [-0.1, -0.05) is 11.8 Å². The number of anilines is 1. The first-order valence-electron chi connectivity index (χ1n) is 8.95. The number of thioether (sulfide) groups is 1. The summed E-state index contributed by atoms with van der Waals surface area (Å²) >= 11 is 1.40. The van der Waals surface area contributed by atoms with E-state index < -0.39 is 23.9 Å². The Morgan fingerprint density at radius 2 is 2.20 bits per heavy atom. The number of ether oxygens (including phenoxy) is 2. The molecule has 1 saturated heterocycles. The summed E-state index contributed by atoms with van der Waals surface area (Å²) in [6.45, 7) is -2.35. The largest absolute Gasteiger partial charge is 0.433 e. The molecule has 7 nitrogen and oxygen atoms in total. The van der Waals surface area contributed by atoms with Crippen LogP contribution in [-0.4, -0.2) is 41.6 Å². The van der Waals surface area contributed by atoms with E-state index in [0.717, 1.165) is 6.20 Å². The van der Waals surface area contributed by atoms with Crippen molar-refractivity contribution in [3.63, 3.8) is 0 Å². The molecule has 30 heavy (non-hydrogen) atoms. The molecule has 0 saturated carbocycles. The normalized spacial score (nSPS) is 23.1. The van der Waals surface area contributed by atoms with Gasteiger partial charge < -0.3 is 20.5 Å². The van der Waals surface area contributed by atoms with E-state index in [0.29, 0.717) is 28.8 Å². The smallest absolute Gasteiger partial charge is 0.387 e. The first-order chi connectivity index (χ1) is 14.4. The van der Waals surface area contributed by atoms with E-state index in [-0.39, 0.29) is 24.0 Å². The lowest BCUT2D eigenvalue weighted by Gasteiger charge is -2.34. The van der Waals surface area contributed by atoms with Crippen LogP contribution in [0.15, 0.2) is 41.5 Å². The third-order valence-corrected chi connectivity index (χ3v) is 5.90. The molecule has 2 unspecified atom stereocenters. The third-order valence-electron chi connectivity index (χ3n) is 4.94. The Labute approximate surface area is 173 Å². The maximum absolute atomic E-state index is 14.8. The fraction of sp³-hybridized carbons (Fsp3) is 0.316. The van der Waals surface area contributed by atoms with Crippen LogP contribution < -0.4 is 15.8 Å². The summed E-state index contributed by atoms with van der Waals surface area (Å²) in [6.07, 6.45) is 1.02. The molecule has 4 rings (SSSR count). The second-order valence-electron chi connectivity index (χ2n) is 6.80. The van der Waals surface area contributed by atoms with E-state index in [4.69, 9.17) is 10.5 Å². The van der Waals surface area contributed by atoms with Crippen LogP contribution in [-0.2, 0) is 10.3 Å². The first kappa shape index (κ1) is 20.5. The predicted octanol–water partition coefficient (Wildman–Crippen LogP) is 2.98. The summed E-state index contributed by atoms with van der Waals surface area (Å²) in [5.74, 6) is -0.613. The summed E-state index contributed by atoms with van der Waals surface area (Å²) in [6, 6.07) is 6.63. The molecule has 2 aliphatic heterocycles. The molecule has 2 atom stereocenters. The fourth-order valence-electron chi connectivity index (χ4n) is 3.51. The highest BCUT2D eigenvalue weighted by Gasteiger charge is 2.49. The van der Waals surface area contributed by atoms with Gasteiger partial charge >= 0.3 is 6.61 Å². The van der Waals surface area contributed by atoms with Crippen molar-refractivity contribution in [2.45, 2.75) is 12.2 Å². The lowest BCUT2D eigenvalue weighted by molar-refractivity contribution is -0.0500. The molecule has 1 fully saturated rings. The molecule has 2 aliphatic rings. The highest BCUT2D eigenvalue weighted by molar-refractivity contribution is 8.13. The molecule has 0 spiro atoms. The van der Waals surface area contributed by atoms with Gasteiger partial charge in [0, 0.05) is 22.9 Å². The number of benzene rings is 1. The molecule has 0 aliphatic carbocycles. The Kier molecular flexibility index (Phi) is 5.56. The summed E-state index contributed by atoms with van der Waals surface area (Å²) in [7, 11) is 0. The molecule has 0 bridgehead atoms. The number of hydrogen-bond acceptors (Lipinski definition) is 7. The number of amidine groups is 1. The van der Waals surface area contributed by atoms with Crippen molar-refractivity contribution in [2.75, 3.05) is 24.3 Å². The minimum absolute atomic E-state index is 0.0148. The van der Waals surface area contributed by atoms with Gasteiger partial charge in [0.1, 0.15) is 22.8 Å². The highest BCUT2D eigenvalue weighted by Crippen LogP contribution is 2.45. The lowest BCUT2D eigenvalue weighted by atomic mass is 9.81. The van der Waals surface area contributed by atoms with Crippen LogP contribution in [0, 0.1) is 11.7 Å². The SMILES string of the molecule is NC1=NC2(c3cc(NC(=O)c4ccc(OC(F)F)cn4)ccc3F)COCC2CS1. The minimum atomic E-state index is -2.98. The standard InChI is InChI=1S/C19H17F3N4O3S/c20-14-3-1-11(25-16(27)15-4-2-12(6-24-15)29-17(21)22)5-13(14)19-9-28-7-10(19)8-30-18(23)26-19/h1-6,10,17H,7-9H2,(H2,23,26)(H,25,27). The average Bonchev–Trinajstić information content (AvgIpc) is 3.13. The van der Waals surface area contributed by atoms with E-state index in [1.807, 2.05) is 0 Å². The number of rotatable bonds is 5. The quantitative estimate of drug-likeness (QED) is 0.745. The number of nitrogens with zero attached hydrogens (tertiary/aromatic N) is 2. The van der Waals surface area contributed by atoms with Gasteiger partial charge in [-0.25, -0.2) is 14.4 Å². The predicted molar refractivity (Wildman–Crippen MR) is 105 cm³/mol. The molecular weight excluding hydrogens is 421 g/mol. The average molecular weight is 438 g/mol.